The molecule has 4 rings (SSSR count). The van der Waals surface area contributed by atoms with E-state index in [4.69, 9.17) is 0 Å². The van der Waals surface area contributed by atoms with E-state index in [2.05, 4.69) is 0 Å². The number of hydrogen-bond acceptors (Lipinski definition) is 3. The maximum Gasteiger partial charge on any atom is 0.326 e. The highest BCUT2D eigenvalue weighted by Gasteiger charge is 2.47. The first-order valence-corrected chi connectivity index (χ1v) is 9.18. The van der Waals surface area contributed by atoms with Crippen LogP contribution in [0.15, 0.2) is 41.3 Å². The Morgan fingerprint density at radius 2 is 1.88 bits per heavy atom. The number of nitrogens with zero attached hydrogens (tertiary/aromatic N) is 2. The number of para-hydroxylation sites is 1. The molecule has 0 bridgehead atoms. The van der Waals surface area contributed by atoms with Crippen molar-refractivity contribution in [1.29, 1.82) is 0 Å². The van der Waals surface area contributed by atoms with E-state index in [-0.39, 0.29) is 23.9 Å². The van der Waals surface area contributed by atoms with E-state index in [1.807, 2.05) is 12.1 Å². The Bertz CT molecular complexity index is 919. The van der Waals surface area contributed by atoms with E-state index < -0.39 is 12.0 Å². The van der Waals surface area contributed by atoms with Gasteiger partial charge in [0.25, 0.3) is 0 Å². The molecule has 2 fully saturated rings. The molecule has 2 aliphatic rings. The molecule has 1 saturated heterocycles. The van der Waals surface area contributed by atoms with E-state index in [1.54, 1.807) is 27.8 Å². The number of benzene rings is 1. The maximum atomic E-state index is 13.1. The highest BCUT2D eigenvalue weighted by molar-refractivity contribution is 5.86. The maximum absolute atomic E-state index is 13.1. The quantitative estimate of drug-likeness (QED) is 0.917. The molecule has 0 unspecified atom stereocenters. The van der Waals surface area contributed by atoms with Crippen LogP contribution in [0, 0.1) is 5.92 Å². The number of aromatic nitrogens is 1. The van der Waals surface area contributed by atoms with Crippen molar-refractivity contribution >= 4 is 22.8 Å². The van der Waals surface area contributed by atoms with Crippen molar-refractivity contribution in [3.8, 4) is 0 Å². The zero-order chi connectivity index (χ0) is 18.3. The molecular formula is C20H22N2O4. The van der Waals surface area contributed by atoms with Gasteiger partial charge in [0, 0.05) is 23.7 Å². The molecule has 1 aliphatic heterocycles. The van der Waals surface area contributed by atoms with Crippen LogP contribution in [0.2, 0.25) is 0 Å². The standard InChI is InChI=1S/C20H22N2O4/c23-18-9-10-21(16-8-4-2-6-14(16)18)12-19(24)22-15-7-3-1-5-13(15)11-17(22)20(25)26/h2,4,6,8-10,13,15,17H,1,3,5,7,11-12H2,(H,25,26)/t13-,15-,17+/m1/s1. The highest BCUT2D eigenvalue weighted by Crippen LogP contribution is 2.40. The third-order valence-corrected chi connectivity index (χ3v) is 5.85. The van der Waals surface area contributed by atoms with Crippen molar-refractivity contribution in [2.75, 3.05) is 0 Å². The molecule has 3 atom stereocenters. The third kappa shape index (κ3) is 2.79. The summed E-state index contributed by atoms with van der Waals surface area (Å²) in [6, 6.07) is 7.93. The lowest BCUT2D eigenvalue weighted by molar-refractivity contribution is -0.150. The second-order valence-electron chi connectivity index (χ2n) is 7.33. The molecule has 1 aromatic carbocycles. The van der Waals surface area contributed by atoms with Crippen molar-refractivity contribution in [3.05, 3.63) is 46.8 Å². The number of likely N-dealkylation sites (tertiary alicyclic amines) is 1. The summed E-state index contributed by atoms with van der Waals surface area (Å²) < 4.78 is 1.74. The molecular weight excluding hydrogens is 332 g/mol. The normalized spacial score (nSPS) is 25.2. The highest BCUT2D eigenvalue weighted by atomic mass is 16.4. The Kier molecular flexibility index (Phi) is 4.26. The van der Waals surface area contributed by atoms with Crippen LogP contribution in [0.5, 0.6) is 0 Å². The van der Waals surface area contributed by atoms with Gasteiger partial charge in [-0.3, -0.25) is 9.59 Å². The molecule has 0 spiro atoms. The lowest BCUT2D eigenvalue weighted by Gasteiger charge is -2.33. The fourth-order valence-corrected chi connectivity index (χ4v) is 4.66. The molecule has 6 heteroatoms. The summed E-state index contributed by atoms with van der Waals surface area (Å²) in [5, 5.41) is 10.2. The first kappa shape index (κ1) is 16.8. The summed E-state index contributed by atoms with van der Waals surface area (Å²) in [5.41, 5.74) is 0.612. The molecule has 2 heterocycles. The number of carboxylic acid groups (broad SMARTS) is 1. The second-order valence-corrected chi connectivity index (χ2v) is 7.33. The van der Waals surface area contributed by atoms with Gasteiger partial charge in [-0.1, -0.05) is 25.0 Å². The number of carbonyl (C=O) groups is 2. The molecule has 26 heavy (non-hydrogen) atoms. The summed E-state index contributed by atoms with van der Waals surface area (Å²) in [6.07, 6.45) is 6.20. The van der Waals surface area contributed by atoms with E-state index in [9.17, 15) is 19.5 Å². The van der Waals surface area contributed by atoms with Crippen LogP contribution >= 0.6 is 0 Å². The van der Waals surface area contributed by atoms with Crippen molar-refractivity contribution in [3.63, 3.8) is 0 Å². The minimum absolute atomic E-state index is 0.0306. The fourth-order valence-electron chi connectivity index (χ4n) is 4.66. The zero-order valence-electron chi connectivity index (χ0n) is 14.5. The van der Waals surface area contributed by atoms with Gasteiger partial charge in [0.05, 0.1) is 5.52 Å². The van der Waals surface area contributed by atoms with Crippen molar-refractivity contribution in [2.24, 2.45) is 5.92 Å². The number of carbonyl (C=O) groups excluding carboxylic acids is 1. The minimum atomic E-state index is -0.919. The predicted molar refractivity (Wildman–Crippen MR) is 96.8 cm³/mol. The van der Waals surface area contributed by atoms with Gasteiger partial charge in [-0.25, -0.2) is 4.79 Å². The Balaban J connectivity index is 1.66. The summed E-state index contributed by atoms with van der Waals surface area (Å²) in [7, 11) is 0. The van der Waals surface area contributed by atoms with Crippen LogP contribution in [0.25, 0.3) is 10.9 Å². The smallest absolute Gasteiger partial charge is 0.326 e. The van der Waals surface area contributed by atoms with E-state index in [1.165, 1.54) is 6.07 Å². The molecule has 1 aliphatic carbocycles. The van der Waals surface area contributed by atoms with Crippen molar-refractivity contribution < 1.29 is 14.7 Å². The number of amides is 1. The molecule has 136 valence electrons. The second kappa shape index (κ2) is 6.59. The first-order valence-electron chi connectivity index (χ1n) is 9.18. The molecule has 1 amide bonds. The average molecular weight is 354 g/mol. The van der Waals surface area contributed by atoms with Crippen LogP contribution in [-0.4, -0.2) is 38.5 Å². The largest absolute Gasteiger partial charge is 0.480 e. The summed E-state index contributed by atoms with van der Waals surface area (Å²) in [4.78, 5) is 38.4. The van der Waals surface area contributed by atoms with Gasteiger partial charge in [0.15, 0.2) is 5.43 Å². The number of fused-ring (bicyclic) bond motifs is 2. The van der Waals surface area contributed by atoms with Gasteiger partial charge in [-0.15, -0.1) is 0 Å². The average Bonchev–Trinajstić information content (AvgIpc) is 3.04. The summed E-state index contributed by atoms with van der Waals surface area (Å²) in [5.74, 6) is -0.808. The Morgan fingerprint density at radius 3 is 2.69 bits per heavy atom. The Labute approximate surface area is 151 Å². The van der Waals surface area contributed by atoms with Gasteiger partial charge in [0.1, 0.15) is 12.6 Å². The van der Waals surface area contributed by atoms with E-state index in [0.29, 0.717) is 23.2 Å². The van der Waals surface area contributed by atoms with Crippen LogP contribution in [0.1, 0.15) is 32.1 Å². The minimum Gasteiger partial charge on any atom is -0.480 e. The van der Waals surface area contributed by atoms with Crippen LogP contribution in [0.3, 0.4) is 0 Å². The molecule has 1 aromatic heterocycles. The van der Waals surface area contributed by atoms with Crippen LogP contribution < -0.4 is 5.43 Å². The summed E-state index contributed by atoms with van der Waals surface area (Å²) >= 11 is 0. The monoisotopic (exact) mass is 354 g/mol. The topological polar surface area (TPSA) is 79.6 Å². The van der Waals surface area contributed by atoms with Crippen molar-refractivity contribution in [1.82, 2.24) is 9.47 Å². The lowest BCUT2D eigenvalue weighted by atomic mass is 9.85. The van der Waals surface area contributed by atoms with Crippen LogP contribution in [-0.2, 0) is 16.1 Å². The molecule has 2 aromatic rings. The molecule has 1 saturated carbocycles. The van der Waals surface area contributed by atoms with Gasteiger partial charge in [0.2, 0.25) is 5.91 Å². The molecule has 1 N–H and O–H groups in total. The number of aliphatic carboxylic acids is 1. The Hall–Kier alpha value is -2.63. The SMILES string of the molecule is O=C(O)[C@@H]1C[C@H]2CCCC[C@H]2N1C(=O)Cn1ccc(=O)c2ccccc21. The Morgan fingerprint density at radius 1 is 1.12 bits per heavy atom. The third-order valence-electron chi connectivity index (χ3n) is 5.85. The van der Waals surface area contributed by atoms with Crippen LogP contribution in [0.4, 0.5) is 0 Å². The first-order chi connectivity index (χ1) is 12.6. The number of hydrogen-bond donors (Lipinski definition) is 1. The molecule has 6 nitrogen and oxygen atoms in total. The van der Waals surface area contributed by atoms with E-state index in [0.717, 1.165) is 25.7 Å². The number of rotatable bonds is 3. The van der Waals surface area contributed by atoms with Crippen molar-refractivity contribution in [2.45, 2.75) is 50.7 Å². The number of pyridine rings is 1. The molecule has 0 radical (unpaired) electrons. The van der Waals surface area contributed by atoms with Gasteiger partial charge < -0.3 is 14.6 Å². The van der Waals surface area contributed by atoms with E-state index >= 15 is 0 Å². The van der Waals surface area contributed by atoms with Gasteiger partial charge >= 0.3 is 5.97 Å². The van der Waals surface area contributed by atoms with Gasteiger partial charge in [-0.2, -0.15) is 0 Å². The fraction of sp³-hybridized carbons (Fsp3) is 0.450. The predicted octanol–water partition coefficient (Wildman–Crippen LogP) is 2.25. The zero-order valence-corrected chi connectivity index (χ0v) is 14.5. The lowest BCUT2D eigenvalue weighted by Crippen LogP contribution is -2.47. The number of carboxylic acids is 1. The van der Waals surface area contributed by atoms with Gasteiger partial charge in [-0.05, 0) is 37.3 Å². The summed E-state index contributed by atoms with van der Waals surface area (Å²) in [6.45, 7) is 0.0494.